The molecule has 1 N–H and O–H groups in total. The van der Waals surface area contributed by atoms with E-state index in [1.54, 1.807) is 36.4 Å². The zero-order valence-electron chi connectivity index (χ0n) is 13.6. The van der Waals surface area contributed by atoms with Crippen LogP contribution in [0, 0.1) is 0 Å². The highest BCUT2D eigenvalue weighted by Crippen LogP contribution is 2.30. The number of hydrogen-bond donors (Lipinski definition) is 1. The van der Waals surface area contributed by atoms with Crippen molar-refractivity contribution < 1.29 is 9.59 Å². The minimum atomic E-state index is -1.05. The number of pyridine rings is 1. The Hall–Kier alpha value is -3.28. The number of carbonyl (C=O) groups excluding carboxylic acids is 2. The molecule has 1 unspecified atom stereocenters. The molecule has 4 rings (SSSR count). The fourth-order valence-electron chi connectivity index (χ4n) is 3.14. The van der Waals surface area contributed by atoms with E-state index in [2.05, 4.69) is 15.3 Å². The molecule has 1 atom stereocenters. The molecule has 1 aromatic heterocycles. The first-order valence-corrected chi connectivity index (χ1v) is 7.99. The molecule has 2 amide bonds. The van der Waals surface area contributed by atoms with Crippen LogP contribution in [0.5, 0.6) is 0 Å². The van der Waals surface area contributed by atoms with E-state index in [0.29, 0.717) is 17.0 Å². The summed E-state index contributed by atoms with van der Waals surface area (Å²) in [5.74, 6) is -0.0984. The number of fused-ring (bicyclic) bond motifs is 2. The number of allylic oxidation sites excluding steroid dienone is 2. The van der Waals surface area contributed by atoms with Crippen molar-refractivity contribution in [2.45, 2.75) is 18.9 Å². The van der Waals surface area contributed by atoms with E-state index in [1.807, 2.05) is 36.4 Å². The third-order valence-electron chi connectivity index (χ3n) is 4.47. The molecule has 6 nitrogen and oxygen atoms in total. The maximum atomic E-state index is 13.1. The molecule has 2 aliphatic heterocycles. The molecule has 0 bridgehead atoms. The summed E-state index contributed by atoms with van der Waals surface area (Å²) in [6.07, 6.45) is 8.81. The van der Waals surface area contributed by atoms with E-state index in [9.17, 15) is 9.59 Å². The number of anilines is 1. The molecule has 0 saturated heterocycles. The van der Waals surface area contributed by atoms with Gasteiger partial charge in [-0.25, -0.2) is 0 Å². The van der Waals surface area contributed by atoms with E-state index < -0.39 is 5.54 Å². The highest BCUT2D eigenvalue weighted by atomic mass is 16.2. The molecule has 25 heavy (non-hydrogen) atoms. The molecule has 2 aromatic rings. The van der Waals surface area contributed by atoms with Crippen LogP contribution in [0.1, 0.15) is 13.3 Å². The Morgan fingerprint density at radius 1 is 1.24 bits per heavy atom. The van der Waals surface area contributed by atoms with Crippen molar-refractivity contribution in [1.29, 1.82) is 0 Å². The summed E-state index contributed by atoms with van der Waals surface area (Å²) in [6, 6.07) is 9.40. The Morgan fingerprint density at radius 3 is 2.96 bits per heavy atom. The van der Waals surface area contributed by atoms with E-state index in [4.69, 9.17) is 0 Å². The molecule has 0 saturated carbocycles. The first kappa shape index (κ1) is 15.3. The lowest BCUT2D eigenvalue weighted by Crippen LogP contribution is -2.58. The highest BCUT2D eigenvalue weighted by molar-refractivity contribution is 6.13. The Labute approximate surface area is 144 Å². The van der Waals surface area contributed by atoms with Gasteiger partial charge in [-0.15, -0.1) is 0 Å². The molecule has 124 valence electrons. The van der Waals surface area contributed by atoms with Crippen LogP contribution < -0.4 is 5.32 Å². The average Bonchev–Trinajstić information content (AvgIpc) is 2.62. The summed E-state index contributed by atoms with van der Waals surface area (Å²) in [5.41, 5.74) is 0.288. The minimum absolute atomic E-state index is 0.0126. The highest BCUT2D eigenvalue weighted by Gasteiger charge is 2.45. The van der Waals surface area contributed by atoms with Gasteiger partial charge in [-0.1, -0.05) is 24.3 Å². The van der Waals surface area contributed by atoms with Crippen LogP contribution in [0.4, 0.5) is 5.69 Å². The maximum Gasteiger partial charge on any atom is 0.250 e. The number of nitrogens with one attached hydrogen (secondary N) is 1. The SMILES string of the molecule is CC1(C(=O)Nc2cccc3cccnc23)CC(=O)N=C2C=CC=CN21. The summed E-state index contributed by atoms with van der Waals surface area (Å²) in [5, 5.41) is 3.88. The van der Waals surface area contributed by atoms with Gasteiger partial charge in [-0.2, -0.15) is 4.99 Å². The molecular weight excluding hydrogens is 316 g/mol. The predicted octanol–water partition coefficient (Wildman–Crippen LogP) is 2.65. The minimum Gasteiger partial charge on any atom is -0.322 e. The fraction of sp³-hybridized carbons (Fsp3) is 0.158. The quantitative estimate of drug-likeness (QED) is 0.917. The number of hydrogen-bond acceptors (Lipinski definition) is 4. The molecule has 0 aliphatic carbocycles. The van der Waals surface area contributed by atoms with Crippen molar-refractivity contribution in [2.24, 2.45) is 4.99 Å². The van der Waals surface area contributed by atoms with E-state index >= 15 is 0 Å². The summed E-state index contributed by atoms with van der Waals surface area (Å²) < 4.78 is 0. The van der Waals surface area contributed by atoms with E-state index in [-0.39, 0.29) is 18.2 Å². The molecule has 1 aromatic carbocycles. The topological polar surface area (TPSA) is 74.7 Å². The Balaban J connectivity index is 1.70. The average molecular weight is 332 g/mol. The number of rotatable bonds is 2. The largest absolute Gasteiger partial charge is 0.322 e. The number of nitrogens with zero attached hydrogens (tertiary/aromatic N) is 3. The zero-order valence-corrected chi connectivity index (χ0v) is 13.6. The lowest BCUT2D eigenvalue weighted by atomic mass is 9.91. The summed E-state index contributed by atoms with van der Waals surface area (Å²) in [6.45, 7) is 1.75. The van der Waals surface area contributed by atoms with Gasteiger partial charge in [-0.05, 0) is 31.2 Å². The van der Waals surface area contributed by atoms with Gasteiger partial charge >= 0.3 is 0 Å². The van der Waals surface area contributed by atoms with Gasteiger partial charge in [0.25, 0.3) is 11.8 Å². The van der Waals surface area contributed by atoms with Crippen LogP contribution in [0.15, 0.2) is 65.9 Å². The fourth-order valence-corrected chi connectivity index (χ4v) is 3.14. The zero-order chi connectivity index (χ0) is 17.4. The van der Waals surface area contributed by atoms with Gasteiger partial charge in [0, 0.05) is 17.8 Å². The molecule has 3 heterocycles. The third-order valence-corrected chi connectivity index (χ3v) is 4.47. The van der Waals surface area contributed by atoms with Gasteiger partial charge in [-0.3, -0.25) is 14.6 Å². The van der Waals surface area contributed by atoms with Gasteiger partial charge in [0.15, 0.2) is 0 Å². The monoisotopic (exact) mass is 332 g/mol. The smallest absolute Gasteiger partial charge is 0.250 e. The molecular formula is C19H16N4O2. The molecule has 0 spiro atoms. The number of aromatic nitrogens is 1. The van der Waals surface area contributed by atoms with Gasteiger partial charge in [0.05, 0.1) is 17.6 Å². The van der Waals surface area contributed by atoms with Crippen LogP contribution in [0.25, 0.3) is 10.9 Å². The second kappa shape index (κ2) is 5.66. The summed E-state index contributed by atoms with van der Waals surface area (Å²) in [4.78, 5) is 35.2. The number of amidine groups is 1. The first-order chi connectivity index (χ1) is 12.1. The third kappa shape index (κ3) is 2.52. The van der Waals surface area contributed by atoms with Gasteiger partial charge in [0.2, 0.25) is 0 Å². The van der Waals surface area contributed by atoms with Crippen molar-refractivity contribution in [2.75, 3.05) is 5.32 Å². The number of carbonyl (C=O) groups is 2. The predicted molar refractivity (Wildman–Crippen MR) is 96.0 cm³/mol. The van der Waals surface area contributed by atoms with Crippen molar-refractivity contribution >= 4 is 34.2 Å². The van der Waals surface area contributed by atoms with E-state index in [1.165, 1.54) is 0 Å². The molecule has 0 radical (unpaired) electrons. The normalized spacial score (nSPS) is 21.9. The van der Waals surface area contributed by atoms with Crippen LogP contribution in [-0.2, 0) is 9.59 Å². The molecule has 2 aliphatic rings. The van der Waals surface area contributed by atoms with Crippen molar-refractivity contribution in [3.63, 3.8) is 0 Å². The van der Waals surface area contributed by atoms with Gasteiger partial charge in [0.1, 0.15) is 11.4 Å². The van der Waals surface area contributed by atoms with Crippen LogP contribution in [-0.4, -0.2) is 33.1 Å². The summed E-state index contributed by atoms with van der Waals surface area (Å²) >= 11 is 0. The number of benzene rings is 1. The van der Waals surface area contributed by atoms with Crippen LogP contribution in [0.3, 0.4) is 0 Å². The summed E-state index contributed by atoms with van der Waals surface area (Å²) in [7, 11) is 0. The molecule has 6 heteroatoms. The lowest BCUT2D eigenvalue weighted by Gasteiger charge is -2.41. The number of aliphatic imine (C=N–C) groups is 1. The van der Waals surface area contributed by atoms with Crippen molar-refractivity contribution in [3.05, 3.63) is 61.0 Å². The first-order valence-electron chi connectivity index (χ1n) is 7.99. The maximum absolute atomic E-state index is 13.1. The van der Waals surface area contributed by atoms with Crippen molar-refractivity contribution in [1.82, 2.24) is 9.88 Å². The number of amides is 2. The second-order valence-corrected chi connectivity index (χ2v) is 6.22. The van der Waals surface area contributed by atoms with E-state index in [0.717, 1.165) is 5.39 Å². The van der Waals surface area contributed by atoms with Crippen LogP contribution in [0.2, 0.25) is 0 Å². The van der Waals surface area contributed by atoms with Crippen molar-refractivity contribution in [3.8, 4) is 0 Å². The number of para-hydroxylation sites is 1. The molecule has 0 fully saturated rings. The lowest BCUT2D eigenvalue weighted by molar-refractivity contribution is -0.130. The van der Waals surface area contributed by atoms with Gasteiger partial charge < -0.3 is 10.2 Å². The Bertz CT molecular complexity index is 971. The Kier molecular flexibility index (Phi) is 3.46. The van der Waals surface area contributed by atoms with Crippen LogP contribution >= 0.6 is 0 Å². The standard InChI is InChI=1S/C19H16N4O2/c1-19(12-16(24)22-15-9-2-3-11-23(15)19)18(25)21-14-8-4-6-13-7-5-10-20-17(13)14/h2-11H,12H2,1H3,(H,21,25). The second-order valence-electron chi connectivity index (χ2n) is 6.22. The Morgan fingerprint density at radius 2 is 2.08 bits per heavy atom.